The fourth-order valence-corrected chi connectivity index (χ4v) is 7.63. The van der Waals surface area contributed by atoms with Crippen LogP contribution in [-0.2, 0) is 19.2 Å². The molecule has 0 bridgehead atoms. The van der Waals surface area contributed by atoms with E-state index in [4.69, 9.17) is 5.41 Å². The summed E-state index contributed by atoms with van der Waals surface area (Å²) >= 11 is 0. The van der Waals surface area contributed by atoms with Crippen LogP contribution in [0.1, 0.15) is 58.8 Å². The van der Waals surface area contributed by atoms with Gasteiger partial charge >= 0.3 is 0 Å². The average molecular weight is 367 g/mol. The maximum atomic E-state index is 12.8. The maximum Gasteiger partial charge on any atom is 0.210 e. The summed E-state index contributed by atoms with van der Waals surface area (Å²) in [6, 6.07) is 0. The molecule has 0 aromatic carbocycles. The molecule has 0 heterocycles. The molecule has 0 aliphatic heterocycles. The summed E-state index contributed by atoms with van der Waals surface area (Å²) in [4.78, 5) is 50.4. The van der Waals surface area contributed by atoms with Crippen LogP contribution in [0.3, 0.4) is 0 Å². The number of allylic oxidation sites excluding steroid dienone is 2. The Morgan fingerprint density at radius 2 is 1.67 bits per heavy atom. The highest BCUT2D eigenvalue weighted by Gasteiger charge is 2.65. The fourth-order valence-electron chi connectivity index (χ4n) is 7.63. The Balaban J connectivity index is 1.67. The second-order valence-corrected chi connectivity index (χ2v) is 9.72. The van der Waals surface area contributed by atoms with Crippen LogP contribution < -0.4 is 0 Å². The van der Waals surface area contributed by atoms with Gasteiger partial charge in [0.25, 0.3) is 0 Å². The lowest BCUT2D eigenvalue weighted by Crippen LogP contribution is -2.57. The van der Waals surface area contributed by atoms with Gasteiger partial charge in [-0.15, -0.1) is 0 Å². The molecule has 0 saturated heterocycles. The number of fused-ring (bicyclic) bond motifs is 6. The number of rotatable bonds is 0. The Morgan fingerprint density at radius 3 is 2.41 bits per heavy atom. The molecule has 6 atom stereocenters. The van der Waals surface area contributed by atoms with Crippen molar-refractivity contribution in [3.63, 3.8) is 0 Å². The van der Waals surface area contributed by atoms with Crippen molar-refractivity contribution in [3.8, 4) is 0 Å². The molecule has 5 heteroatoms. The lowest BCUT2D eigenvalue weighted by molar-refractivity contribution is -0.134. The van der Waals surface area contributed by atoms with E-state index < -0.39 is 17.0 Å². The normalized spacial score (nSPS) is 46.4. The van der Waals surface area contributed by atoms with E-state index >= 15 is 0 Å². The van der Waals surface area contributed by atoms with Gasteiger partial charge in [-0.2, -0.15) is 0 Å². The number of nitrogens with one attached hydrogen (secondary N) is 1. The SMILES string of the molecule is C[C@]12C3=C(C(=O)CC3=O)C(=O)C(=N)C1CC[C@@H]1[C@@H]2CC[C@]2(C)C(=O)CC[C@@H]12. The van der Waals surface area contributed by atoms with E-state index in [1.54, 1.807) is 0 Å². The van der Waals surface area contributed by atoms with Crippen molar-refractivity contribution >= 4 is 28.8 Å². The van der Waals surface area contributed by atoms with Crippen LogP contribution in [0.15, 0.2) is 11.1 Å². The summed E-state index contributed by atoms with van der Waals surface area (Å²) in [5.74, 6) is -0.215. The lowest BCUT2D eigenvalue weighted by atomic mass is 9.44. The first kappa shape index (κ1) is 17.2. The number of Topliss-reactive ketones (excluding diaryl/α,β-unsaturated/α-hetero) is 4. The summed E-state index contributed by atoms with van der Waals surface area (Å²) in [6.07, 6.45) is 4.57. The average Bonchev–Trinajstić information content (AvgIpc) is 3.09. The molecule has 27 heavy (non-hydrogen) atoms. The van der Waals surface area contributed by atoms with E-state index in [1.165, 1.54) is 0 Å². The predicted octanol–water partition coefficient (Wildman–Crippen LogP) is 2.86. The number of hydrogen-bond acceptors (Lipinski definition) is 5. The van der Waals surface area contributed by atoms with Gasteiger partial charge in [-0.1, -0.05) is 13.8 Å². The van der Waals surface area contributed by atoms with E-state index in [2.05, 4.69) is 6.92 Å². The fraction of sp³-hybridized carbons (Fsp3) is 0.682. The Bertz CT molecular complexity index is 883. The summed E-state index contributed by atoms with van der Waals surface area (Å²) in [6.45, 7) is 4.14. The first-order valence-corrected chi connectivity index (χ1v) is 10.2. The lowest BCUT2D eigenvalue weighted by Gasteiger charge is -2.59. The number of carbonyl (C=O) groups excluding carboxylic acids is 4. The van der Waals surface area contributed by atoms with Gasteiger partial charge in [0.15, 0.2) is 11.6 Å². The predicted molar refractivity (Wildman–Crippen MR) is 97.3 cm³/mol. The molecule has 0 spiro atoms. The van der Waals surface area contributed by atoms with Gasteiger partial charge in [-0.25, -0.2) is 0 Å². The summed E-state index contributed by atoms with van der Waals surface area (Å²) in [5, 5.41) is 8.47. The van der Waals surface area contributed by atoms with Crippen molar-refractivity contribution in [3.05, 3.63) is 11.1 Å². The van der Waals surface area contributed by atoms with Crippen LogP contribution >= 0.6 is 0 Å². The minimum Gasteiger partial charge on any atom is -0.301 e. The molecule has 0 amide bonds. The maximum absolute atomic E-state index is 12.8. The van der Waals surface area contributed by atoms with Crippen LogP contribution in [0.4, 0.5) is 0 Å². The quantitative estimate of drug-likeness (QED) is 0.526. The van der Waals surface area contributed by atoms with E-state index in [1.807, 2.05) is 6.92 Å². The second kappa shape index (κ2) is 5.12. The standard InChI is InChI=1S/C22H25NO4/c1-21-8-7-12-10(11(21)5-6-16(21)26)3-4-13-19(23)20(27)17-14(24)9-15(25)18(17)22(12,13)2/h10-13,23H,3-9H2,1-2H3/t10-,11-,12-,13?,21-,22+/m0/s1. The van der Waals surface area contributed by atoms with Gasteiger partial charge in [0, 0.05) is 28.7 Å². The van der Waals surface area contributed by atoms with Gasteiger partial charge in [0.05, 0.1) is 17.7 Å². The molecule has 0 aromatic heterocycles. The first-order valence-electron chi connectivity index (χ1n) is 10.2. The molecular formula is C22H25NO4. The third-order valence-corrected chi connectivity index (χ3v) is 8.92. The molecule has 3 fully saturated rings. The summed E-state index contributed by atoms with van der Waals surface area (Å²) in [7, 11) is 0. The summed E-state index contributed by atoms with van der Waals surface area (Å²) in [5.41, 5.74) is -0.399. The molecule has 1 unspecified atom stereocenters. The van der Waals surface area contributed by atoms with Gasteiger partial charge in [-0.3, -0.25) is 19.2 Å². The Kier molecular flexibility index (Phi) is 3.26. The monoisotopic (exact) mass is 367 g/mol. The minimum atomic E-state index is -0.612. The van der Waals surface area contributed by atoms with Crippen molar-refractivity contribution in [2.45, 2.75) is 58.8 Å². The van der Waals surface area contributed by atoms with Crippen molar-refractivity contribution in [1.29, 1.82) is 5.41 Å². The topological polar surface area (TPSA) is 92.1 Å². The van der Waals surface area contributed by atoms with Crippen molar-refractivity contribution in [1.82, 2.24) is 0 Å². The zero-order chi connectivity index (χ0) is 19.3. The molecule has 0 radical (unpaired) electrons. The van der Waals surface area contributed by atoms with Crippen molar-refractivity contribution in [2.24, 2.45) is 34.5 Å². The highest BCUT2D eigenvalue weighted by atomic mass is 16.2. The summed E-state index contributed by atoms with van der Waals surface area (Å²) < 4.78 is 0. The van der Waals surface area contributed by atoms with Crippen LogP contribution in [0.25, 0.3) is 0 Å². The van der Waals surface area contributed by atoms with E-state index in [9.17, 15) is 19.2 Å². The van der Waals surface area contributed by atoms with Crippen LogP contribution in [0, 0.1) is 39.9 Å². The van der Waals surface area contributed by atoms with E-state index in [0.717, 1.165) is 25.7 Å². The van der Waals surface area contributed by atoms with Crippen LogP contribution in [-0.4, -0.2) is 28.8 Å². The van der Waals surface area contributed by atoms with E-state index in [-0.39, 0.29) is 40.7 Å². The molecule has 5 nitrogen and oxygen atoms in total. The largest absolute Gasteiger partial charge is 0.301 e. The second-order valence-electron chi connectivity index (χ2n) is 9.72. The molecule has 5 rings (SSSR count). The Morgan fingerprint density at radius 1 is 0.926 bits per heavy atom. The zero-order valence-electron chi connectivity index (χ0n) is 15.9. The third kappa shape index (κ3) is 1.83. The number of hydrogen-bond donors (Lipinski definition) is 1. The molecule has 0 aromatic rings. The van der Waals surface area contributed by atoms with Crippen molar-refractivity contribution in [2.75, 3.05) is 0 Å². The van der Waals surface area contributed by atoms with Gasteiger partial charge < -0.3 is 5.41 Å². The van der Waals surface area contributed by atoms with Gasteiger partial charge in [-0.05, 0) is 49.9 Å². The molecule has 5 aliphatic rings. The highest BCUT2D eigenvalue weighted by molar-refractivity contribution is 6.56. The third-order valence-electron chi connectivity index (χ3n) is 8.92. The van der Waals surface area contributed by atoms with Crippen LogP contribution in [0.2, 0.25) is 0 Å². The molecule has 1 N–H and O–H groups in total. The number of carbonyl (C=O) groups is 4. The molecule has 3 saturated carbocycles. The highest BCUT2D eigenvalue weighted by Crippen LogP contribution is 2.66. The first-order chi connectivity index (χ1) is 12.7. The Hall–Kier alpha value is -1.91. The van der Waals surface area contributed by atoms with Gasteiger partial charge in [0.1, 0.15) is 5.78 Å². The Labute approximate surface area is 158 Å². The van der Waals surface area contributed by atoms with Crippen molar-refractivity contribution < 1.29 is 19.2 Å². The molecule has 142 valence electrons. The zero-order valence-corrected chi connectivity index (χ0v) is 15.9. The minimum absolute atomic E-state index is 0.0141. The molecular weight excluding hydrogens is 342 g/mol. The van der Waals surface area contributed by atoms with Gasteiger partial charge in [0.2, 0.25) is 5.78 Å². The van der Waals surface area contributed by atoms with Crippen LogP contribution in [0.5, 0.6) is 0 Å². The smallest absolute Gasteiger partial charge is 0.210 e. The van der Waals surface area contributed by atoms with E-state index in [0.29, 0.717) is 36.0 Å². The molecule has 5 aliphatic carbocycles. The number of ketones is 4.